The molecule has 8 nitrogen and oxygen atoms in total. The summed E-state index contributed by atoms with van der Waals surface area (Å²) in [5, 5.41) is 0.803. The summed E-state index contributed by atoms with van der Waals surface area (Å²) < 4.78 is 49.1. The van der Waals surface area contributed by atoms with Gasteiger partial charge >= 0.3 is 0 Å². The van der Waals surface area contributed by atoms with Crippen LogP contribution in [0.2, 0.25) is 0 Å². The summed E-state index contributed by atoms with van der Waals surface area (Å²) in [6.07, 6.45) is 1.67. The highest BCUT2D eigenvalue weighted by atomic mass is 32.2. The molecule has 1 aromatic heterocycles. The first-order valence-electron chi connectivity index (χ1n) is 10.5. The maximum absolute atomic E-state index is 12.6. The highest BCUT2D eigenvalue weighted by Gasteiger charge is 2.24. The van der Waals surface area contributed by atoms with Gasteiger partial charge in [0.1, 0.15) is 0 Å². The summed E-state index contributed by atoms with van der Waals surface area (Å²) >= 11 is 1.44. The number of hydrogen-bond acceptors (Lipinski definition) is 8. The lowest BCUT2D eigenvalue weighted by atomic mass is 10.2. The first-order chi connectivity index (χ1) is 15.6. The van der Waals surface area contributed by atoms with Crippen LogP contribution in [0.3, 0.4) is 0 Å². The van der Waals surface area contributed by atoms with Crippen LogP contribution in [0.15, 0.2) is 58.3 Å². The lowest BCUT2D eigenvalue weighted by Gasteiger charge is -2.34. The number of carbonyl (C=O) groups is 1. The molecule has 0 saturated carbocycles. The summed E-state index contributed by atoms with van der Waals surface area (Å²) in [6, 6.07) is 13.2. The van der Waals surface area contributed by atoms with Gasteiger partial charge in [0.25, 0.3) is 0 Å². The number of rotatable bonds is 7. The Bertz CT molecular complexity index is 1360. The Labute approximate surface area is 197 Å². The Kier molecular flexibility index (Phi) is 6.73. The molecule has 0 aliphatic carbocycles. The molecule has 0 spiro atoms. The molecule has 0 N–H and O–H groups in total. The van der Waals surface area contributed by atoms with Crippen molar-refractivity contribution >= 4 is 52.3 Å². The van der Waals surface area contributed by atoms with E-state index in [0.29, 0.717) is 26.2 Å². The molecule has 1 amide bonds. The Morgan fingerprint density at radius 1 is 0.970 bits per heavy atom. The van der Waals surface area contributed by atoms with Crippen molar-refractivity contribution in [2.75, 3.05) is 43.1 Å². The number of piperazine rings is 1. The molecule has 0 bridgehead atoms. The third-order valence-corrected chi connectivity index (χ3v) is 9.59. The van der Waals surface area contributed by atoms with E-state index in [0.717, 1.165) is 15.3 Å². The molecule has 3 aromatic rings. The minimum atomic E-state index is -3.38. The van der Waals surface area contributed by atoms with E-state index < -0.39 is 19.7 Å². The minimum Gasteiger partial charge on any atom is -0.345 e. The molecule has 176 valence electrons. The largest absolute Gasteiger partial charge is 0.345 e. The van der Waals surface area contributed by atoms with E-state index in [9.17, 15) is 21.6 Å². The number of aromatic nitrogens is 1. The maximum Gasteiger partial charge on any atom is 0.222 e. The van der Waals surface area contributed by atoms with E-state index in [1.807, 2.05) is 0 Å². The molecule has 4 rings (SSSR count). The lowest BCUT2D eigenvalue weighted by molar-refractivity contribution is -0.131. The second-order valence-corrected chi connectivity index (χ2v) is 13.1. The smallest absolute Gasteiger partial charge is 0.222 e. The number of nitrogens with zero attached hydrogens (tertiary/aromatic N) is 3. The lowest BCUT2D eigenvalue weighted by Crippen LogP contribution is -2.48. The zero-order valence-corrected chi connectivity index (χ0v) is 20.6. The van der Waals surface area contributed by atoms with Crippen molar-refractivity contribution < 1.29 is 21.6 Å². The topological polar surface area (TPSA) is 105 Å². The number of amides is 1. The standard InChI is InChI=1S/C22H25N3O5S3/c1-32(27,28)18-9-10-19-20(16-18)31-22(23-19)25-13-11-24(12-14-25)21(26)8-5-15-33(29,30)17-6-3-2-4-7-17/h2-4,6-7,9-10,16H,5,8,11-15H2,1H3. The maximum atomic E-state index is 12.6. The van der Waals surface area contributed by atoms with E-state index in [-0.39, 0.29) is 34.3 Å². The van der Waals surface area contributed by atoms with Crippen molar-refractivity contribution in [1.29, 1.82) is 0 Å². The van der Waals surface area contributed by atoms with Crippen LogP contribution in [0.1, 0.15) is 12.8 Å². The van der Waals surface area contributed by atoms with Crippen molar-refractivity contribution in [3.63, 3.8) is 0 Å². The average Bonchev–Trinajstić information content (AvgIpc) is 3.22. The second-order valence-electron chi connectivity index (χ2n) is 8.00. The number of benzene rings is 2. The van der Waals surface area contributed by atoms with Gasteiger partial charge in [0, 0.05) is 38.9 Å². The van der Waals surface area contributed by atoms with Crippen molar-refractivity contribution in [2.24, 2.45) is 0 Å². The van der Waals surface area contributed by atoms with Gasteiger partial charge in [-0.25, -0.2) is 21.8 Å². The molecule has 2 aromatic carbocycles. The van der Waals surface area contributed by atoms with E-state index in [1.165, 1.54) is 17.6 Å². The Morgan fingerprint density at radius 2 is 1.67 bits per heavy atom. The number of carbonyl (C=O) groups excluding carboxylic acids is 1. The number of sulfone groups is 2. The van der Waals surface area contributed by atoms with Crippen molar-refractivity contribution in [2.45, 2.75) is 22.6 Å². The van der Waals surface area contributed by atoms with Gasteiger partial charge in [0.05, 0.1) is 25.8 Å². The molecular formula is C22H25N3O5S3. The first kappa shape index (κ1) is 23.7. The van der Waals surface area contributed by atoms with Crippen LogP contribution in [0.5, 0.6) is 0 Å². The van der Waals surface area contributed by atoms with Gasteiger partial charge in [-0.15, -0.1) is 0 Å². The molecule has 1 aliphatic rings. The molecule has 1 saturated heterocycles. The second kappa shape index (κ2) is 9.40. The van der Waals surface area contributed by atoms with Gasteiger partial charge in [-0.2, -0.15) is 0 Å². The summed E-state index contributed by atoms with van der Waals surface area (Å²) in [5.41, 5.74) is 0.750. The molecule has 0 atom stereocenters. The van der Waals surface area contributed by atoms with Crippen LogP contribution in [0.25, 0.3) is 10.2 Å². The van der Waals surface area contributed by atoms with Crippen LogP contribution < -0.4 is 4.90 Å². The Balaban J connectivity index is 1.31. The molecule has 2 heterocycles. The third-order valence-electron chi connectivity index (χ3n) is 5.59. The van der Waals surface area contributed by atoms with Gasteiger partial charge in [0.15, 0.2) is 24.8 Å². The SMILES string of the molecule is CS(=O)(=O)c1ccc2nc(N3CCN(C(=O)CCCS(=O)(=O)c4ccccc4)CC3)sc2c1. The molecule has 0 radical (unpaired) electrons. The predicted octanol–water partition coefficient (Wildman–Crippen LogP) is 2.60. The fourth-order valence-corrected chi connectivity index (χ4v) is 6.83. The van der Waals surface area contributed by atoms with Gasteiger partial charge < -0.3 is 9.80 Å². The molecular weight excluding hydrogens is 482 g/mol. The number of thiazole rings is 1. The van der Waals surface area contributed by atoms with Crippen LogP contribution in [0, 0.1) is 0 Å². The summed E-state index contributed by atoms with van der Waals surface area (Å²) in [6.45, 7) is 2.31. The van der Waals surface area contributed by atoms with E-state index >= 15 is 0 Å². The van der Waals surface area contributed by atoms with E-state index in [1.54, 1.807) is 53.4 Å². The van der Waals surface area contributed by atoms with Crippen LogP contribution >= 0.6 is 11.3 Å². The molecule has 33 heavy (non-hydrogen) atoms. The molecule has 1 aliphatic heterocycles. The normalized spacial score (nSPS) is 15.2. The van der Waals surface area contributed by atoms with Crippen LogP contribution in [-0.2, 0) is 24.5 Å². The number of hydrogen-bond donors (Lipinski definition) is 0. The van der Waals surface area contributed by atoms with E-state index in [4.69, 9.17) is 0 Å². The number of fused-ring (bicyclic) bond motifs is 1. The van der Waals surface area contributed by atoms with Crippen LogP contribution in [0.4, 0.5) is 5.13 Å². The van der Waals surface area contributed by atoms with Crippen molar-refractivity contribution in [1.82, 2.24) is 9.88 Å². The highest BCUT2D eigenvalue weighted by Crippen LogP contribution is 2.31. The molecule has 0 unspecified atom stereocenters. The van der Waals surface area contributed by atoms with E-state index in [2.05, 4.69) is 9.88 Å². The third kappa shape index (κ3) is 5.53. The average molecular weight is 508 g/mol. The van der Waals surface area contributed by atoms with Crippen molar-refractivity contribution in [3.05, 3.63) is 48.5 Å². The quantitative estimate of drug-likeness (QED) is 0.484. The first-order valence-corrected chi connectivity index (χ1v) is 14.9. The van der Waals surface area contributed by atoms with Crippen molar-refractivity contribution in [3.8, 4) is 0 Å². The number of anilines is 1. The van der Waals surface area contributed by atoms with Crippen LogP contribution in [-0.4, -0.2) is 70.8 Å². The fourth-order valence-electron chi connectivity index (χ4n) is 3.72. The molecule has 1 fully saturated rings. The van der Waals surface area contributed by atoms with Gasteiger partial charge in [-0.3, -0.25) is 4.79 Å². The molecule has 11 heteroatoms. The minimum absolute atomic E-state index is 0.0417. The highest BCUT2D eigenvalue weighted by molar-refractivity contribution is 7.91. The summed E-state index contributed by atoms with van der Waals surface area (Å²) in [7, 11) is -6.66. The zero-order chi connectivity index (χ0) is 23.6. The monoisotopic (exact) mass is 507 g/mol. The van der Waals surface area contributed by atoms with Gasteiger partial charge in [0.2, 0.25) is 5.91 Å². The fraction of sp³-hybridized carbons (Fsp3) is 0.364. The van der Waals surface area contributed by atoms with Gasteiger partial charge in [-0.1, -0.05) is 29.5 Å². The van der Waals surface area contributed by atoms with Gasteiger partial charge in [-0.05, 0) is 36.8 Å². The summed E-state index contributed by atoms with van der Waals surface area (Å²) in [4.78, 5) is 21.6. The Hall–Kier alpha value is -2.50. The predicted molar refractivity (Wildman–Crippen MR) is 129 cm³/mol. The summed E-state index contributed by atoms with van der Waals surface area (Å²) in [5.74, 6) is -0.0934. The zero-order valence-electron chi connectivity index (χ0n) is 18.2. The Morgan fingerprint density at radius 3 is 2.33 bits per heavy atom.